The maximum absolute atomic E-state index is 6.48. The van der Waals surface area contributed by atoms with E-state index in [1.54, 1.807) is 11.1 Å². The first-order valence-electron chi connectivity index (χ1n) is 15.6. The molecule has 0 unspecified atom stereocenters. The minimum Gasteiger partial charge on any atom is -0.496 e. The Bertz CT molecular complexity index is 1130. The standard InChI is InChI=1S/C34H46N2O2/c1-37-31-25(17-35)9-27(33-11-19-3-20(12-33)5-21(4-19)13-33)29-28(10-26(18-36)32(38-2)30(29)31)34-14-22-6-23(15-34)8-24(7-22)16-34/h9-10,19-24H,3-8,11-18,35-36H2,1-2H3. The quantitative estimate of drug-likeness (QED) is 0.449. The van der Waals surface area contributed by atoms with Gasteiger partial charge in [-0.1, -0.05) is 0 Å². The molecule has 0 aliphatic heterocycles. The van der Waals surface area contributed by atoms with Crippen LogP contribution in [0, 0.1) is 35.5 Å². The third kappa shape index (κ3) is 3.22. The maximum Gasteiger partial charge on any atom is 0.134 e. The molecule has 8 saturated carbocycles. The van der Waals surface area contributed by atoms with E-state index in [9.17, 15) is 0 Å². The van der Waals surface area contributed by atoms with Gasteiger partial charge in [-0.05, 0) is 152 Å². The van der Waals surface area contributed by atoms with Crippen LogP contribution in [0.4, 0.5) is 0 Å². The topological polar surface area (TPSA) is 70.5 Å². The normalized spacial score (nSPS) is 40.3. The van der Waals surface area contributed by atoms with E-state index in [-0.39, 0.29) is 10.8 Å². The van der Waals surface area contributed by atoms with E-state index in [0.29, 0.717) is 13.1 Å². The van der Waals surface area contributed by atoms with Crippen molar-refractivity contribution in [1.82, 2.24) is 0 Å². The van der Waals surface area contributed by atoms with Gasteiger partial charge < -0.3 is 20.9 Å². The summed E-state index contributed by atoms with van der Waals surface area (Å²) in [7, 11) is 3.63. The highest BCUT2D eigenvalue weighted by atomic mass is 16.5. The lowest BCUT2D eigenvalue weighted by Gasteiger charge is -2.59. The molecule has 2 aromatic carbocycles. The minimum absolute atomic E-state index is 0.273. The summed E-state index contributed by atoms with van der Waals surface area (Å²) in [6, 6.07) is 5.03. The summed E-state index contributed by atoms with van der Waals surface area (Å²) in [4.78, 5) is 0. The SMILES string of the molecule is COc1c(CN)cc(C23CC4CC(CC(C4)C2)C3)c2c(C34CC5CC(CC(C5)C3)C4)cc(CN)c(OC)c12. The van der Waals surface area contributed by atoms with Gasteiger partial charge in [0.25, 0.3) is 0 Å². The Labute approximate surface area is 228 Å². The average Bonchev–Trinajstić information content (AvgIpc) is 2.89. The average molecular weight is 515 g/mol. The van der Waals surface area contributed by atoms with Gasteiger partial charge in [0.15, 0.2) is 0 Å². The molecular formula is C34H46N2O2. The van der Waals surface area contributed by atoms with Gasteiger partial charge in [0.1, 0.15) is 11.5 Å². The lowest BCUT2D eigenvalue weighted by Crippen LogP contribution is -2.50. The third-order valence-corrected chi connectivity index (χ3v) is 12.5. The molecule has 2 aromatic rings. The molecule has 0 atom stereocenters. The number of hydrogen-bond acceptors (Lipinski definition) is 4. The molecule has 0 aromatic heterocycles. The Balaban J connectivity index is 1.47. The molecule has 0 radical (unpaired) electrons. The predicted octanol–water partition coefficient (Wildman–Crippen LogP) is 6.71. The van der Waals surface area contributed by atoms with Gasteiger partial charge in [-0.2, -0.15) is 0 Å². The van der Waals surface area contributed by atoms with Crippen molar-refractivity contribution < 1.29 is 9.47 Å². The molecule has 0 heterocycles. The largest absolute Gasteiger partial charge is 0.496 e. The van der Waals surface area contributed by atoms with Gasteiger partial charge >= 0.3 is 0 Å². The first kappa shape index (κ1) is 24.1. The summed E-state index contributed by atoms with van der Waals surface area (Å²) in [6.07, 6.45) is 16.9. The van der Waals surface area contributed by atoms with E-state index in [0.717, 1.165) is 58.1 Å². The Morgan fingerprint density at radius 2 is 0.895 bits per heavy atom. The molecule has 0 saturated heterocycles. The zero-order valence-electron chi connectivity index (χ0n) is 23.5. The minimum atomic E-state index is 0.273. The summed E-state index contributed by atoms with van der Waals surface area (Å²) in [5.74, 6) is 7.23. The summed E-state index contributed by atoms with van der Waals surface area (Å²) >= 11 is 0. The van der Waals surface area contributed by atoms with Crippen LogP contribution in [-0.4, -0.2) is 14.2 Å². The highest BCUT2D eigenvalue weighted by molar-refractivity contribution is 6.02. The van der Waals surface area contributed by atoms with Crippen molar-refractivity contribution in [2.45, 2.75) is 101 Å². The molecule has 8 bridgehead atoms. The lowest BCUT2D eigenvalue weighted by molar-refractivity contribution is -0.00684. The second kappa shape index (κ2) is 8.36. The molecular weight excluding hydrogens is 468 g/mol. The summed E-state index contributed by atoms with van der Waals surface area (Å²) in [6.45, 7) is 0.975. The molecule has 8 fully saturated rings. The molecule has 8 aliphatic carbocycles. The zero-order valence-corrected chi connectivity index (χ0v) is 23.5. The van der Waals surface area contributed by atoms with E-state index in [1.807, 2.05) is 14.2 Å². The van der Waals surface area contributed by atoms with Crippen molar-refractivity contribution in [3.63, 3.8) is 0 Å². The first-order chi connectivity index (χ1) is 18.5. The van der Waals surface area contributed by atoms with Crippen LogP contribution < -0.4 is 20.9 Å². The summed E-state index contributed by atoms with van der Waals surface area (Å²) < 4.78 is 12.5. The highest BCUT2D eigenvalue weighted by Gasteiger charge is 2.55. The zero-order chi connectivity index (χ0) is 25.8. The molecule has 0 amide bonds. The fourth-order valence-corrected chi connectivity index (χ4v) is 12.2. The van der Waals surface area contributed by atoms with Crippen LogP contribution in [0.15, 0.2) is 12.1 Å². The van der Waals surface area contributed by atoms with Gasteiger partial charge in [-0.3, -0.25) is 0 Å². The molecule has 38 heavy (non-hydrogen) atoms. The predicted molar refractivity (Wildman–Crippen MR) is 153 cm³/mol. The second-order valence-electron chi connectivity index (χ2n) is 14.8. The summed E-state index contributed by atoms with van der Waals surface area (Å²) in [5.41, 5.74) is 19.0. The van der Waals surface area contributed by atoms with Crippen molar-refractivity contribution in [1.29, 1.82) is 0 Å². The van der Waals surface area contributed by atoms with Gasteiger partial charge in [0.2, 0.25) is 0 Å². The van der Waals surface area contributed by atoms with Crippen LogP contribution in [0.3, 0.4) is 0 Å². The third-order valence-electron chi connectivity index (χ3n) is 12.5. The molecule has 4 nitrogen and oxygen atoms in total. The van der Waals surface area contributed by atoms with Crippen LogP contribution in [0.25, 0.3) is 10.8 Å². The Morgan fingerprint density at radius 1 is 0.579 bits per heavy atom. The number of nitrogens with two attached hydrogens (primary N) is 2. The molecule has 4 heteroatoms. The van der Waals surface area contributed by atoms with E-state index in [4.69, 9.17) is 20.9 Å². The van der Waals surface area contributed by atoms with E-state index in [2.05, 4.69) is 12.1 Å². The summed E-state index contributed by atoms with van der Waals surface area (Å²) in [5, 5.41) is 2.66. The van der Waals surface area contributed by atoms with E-state index < -0.39 is 0 Å². The van der Waals surface area contributed by atoms with Gasteiger partial charge in [-0.25, -0.2) is 0 Å². The second-order valence-corrected chi connectivity index (χ2v) is 14.8. The molecule has 4 N–H and O–H groups in total. The van der Waals surface area contributed by atoms with Crippen LogP contribution >= 0.6 is 0 Å². The van der Waals surface area contributed by atoms with E-state index in [1.165, 1.54) is 87.8 Å². The van der Waals surface area contributed by atoms with Crippen molar-refractivity contribution in [3.05, 3.63) is 34.4 Å². The van der Waals surface area contributed by atoms with Crippen molar-refractivity contribution >= 4 is 10.8 Å². The number of ether oxygens (including phenoxy) is 2. The van der Waals surface area contributed by atoms with Crippen molar-refractivity contribution in [2.24, 2.45) is 47.0 Å². The first-order valence-corrected chi connectivity index (χ1v) is 15.6. The van der Waals surface area contributed by atoms with Crippen LogP contribution in [0.1, 0.15) is 99.3 Å². The maximum atomic E-state index is 6.48. The highest BCUT2D eigenvalue weighted by Crippen LogP contribution is 2.66. The molecule has 0 spiro atoms. The van der Waals surface area contributed by atoms with Crippen LogP contribution in [0.2, 0.25) is 0 Å². The molecule has 204 valence electrons. The lowest BCUT2D eigenvalue weighted by atomic mass is 9.46. The smallest absolute Gasteiger partial charge is 0.134 e. The Morgan fingerprint density at radius 3 is 1.16 bits per heavy atom. The number of benzene rings is 2. The number of rotatable bonds is 6. The van der Waals surface area contributed by atoms with Crippen LogP contribution in [-0.2, 0) is 23.9 Å². The van der Waals surface area contributed by atoms with Gasteiger partial charge in [0.05, 0.1) is 19.6 Å². The molecule has 10 rings (SSSR count). The van der Waals surface area contributed by atoms with Gasteiger partial charge in [0, 0.05) is 24.2 Å². The number of hydrogen-bond donors (Lipinski definition) is 2. The number of fused-ring (bicyclic) bond motifs is 1. The van der Waals surface area contributed by atoms with Crippen molar-refractivity contribution in [3.8, 4) is 11.5 Å². The monoisotopic (exact) mass is 514 g/mol. The van der Waals surface area contributed by atoms with Gasteiger partial charge in [-0.15, -0.1) is 0 Å². The Hall–Kier alpha value is -1.78. The molecule has 8 aliphatic rings. The fourth-order valence-electron chi connectivity index (χ4n) is 12.2. The fraction of sp³-hybridized carbons (Fsp3) is 0.706. The van der Waals surface area contributed by atoms with Crippen molar-refractivity contribution in [2.75, 3.05) is 14.2 Å². The van der Waals surface area contributed by atoms with E-state index >= 15 is 0 Å². The van der Waals surface area contributed by atoms with Crippen LogP contribution in [0.5, 0.6) is 11.5 Å². The Kier molecular flexibility index (Phi) is 5.29. The number of methoxy groups -OCH3 is 2.